The van der Waals surface area contributed by atoms with E-state index in [0.29, 0.717) is 17.9 Å². The monoisotopic (exact) mass is 1140 g/mol. The van der Waals surface area contributed by atoms with Crippen LogP contribution >= 0.6 is 0 Å². The summed E-state index contributed by atoms with van der Waals surface area (Å²) < 4.78 is 25.5. The van der Waals surface area contributed by atoms with Crippen molar-refractivity contribution in [2.24, 2.45) is 27.9 Å². The first-order chi connectivity index (χ1) is 40.0. The molecule has 0 spiro atoms. The van der Waals surface area contributed by atoms with E-state index in [1.807, 2.05) is 144 Å². The quantitative estimate of drug-likeness (QED) is 0.0221. The third-order valence-corrected chi connectivity index (χ3v) is 12.6. The van der Waals surface area contributed by atoms with Crippen LogP contribution in [0.5, 0.6) is 0 Å². The molecule has 0 atom stereocenters. The Labute approximate surface area is 520 Å². The van der Waals surface area contributed by atoms with Gasteiger partial charge in [0.25, 0.3) is 5.91 Å². The summed E-state index contributed by atoms with van der Waals surface area (Å²) >= 11 is 0. The second-order valence-corrected chi connectivity index (χ2v) is 18.4. The number of aliphatic imine (C=N–C) groups is 1. The van der Waals surface area contributed by atoms with Crippen molar-refractivity contribution < 1.29 is 58.2 Å². The number of guanidine groups is 2. The molecule has 0 aliphatic rings. The fraction of sp³-hybridized carbons (Fsp3) is 0.104. The summed E-state index contributed by atoms with van der Waals surface area (Å²) in [5.74, 6) is 2.05. The number of rotatable bonds is 15. The summed E-state index contributed by atoms with van der Waals surface area (Å²) in [4.78, 5) is 34.2. The maximum Gasteiger partial charge on any atom is 1.00 e. The average Bonchev–Trinajstić information content (AvgIpc) is 4.33. The number of furan rings is 4. The topological polar surface area (TPSA) is 268 Å². The molecule has 85 heavy (non-hydrogen) atoms. The van der Waals surface area contributed by atoms with E-state index in [0.717, 1.165) is 70.6 Å². The summed E-state index contributed by atoms with van der Waals surface area (Å²) in [5.41, 5.74) is 32.3. The van der Waals surface area contributed by atoms with E-state index in [1.54, 1.807) is 37.0 Å². The molecule has 12 rings (SSSR count). The van der Waals surface area contributed by atoms with Crippen LogP contribution in [-0.2, 0) is 37.1 Å². The normalized spacial score (nSPS) is 9.99. The van der Waals surface area contributed by atoms with Crippen molar-refractivity contribution in [3.8, 4) is 45.0 Å². The second-order valence-electron chi connectivity index (χ2n) is 18.4. The standard InChI is InChI=1S/C18H18N4O2.C17H17NO.C15H11NO2.C15H13NO.CH5N3.CH4.B.Na.H/c19-18(20)21-17(23)12-22-14(11-15-7-4-10-24-15)8-9-16(22)13-5-2-1-3-6-13;1-2-18-15(13-16-9-6-12-19-16)10-11-17(18)14-7-4-3-5-8-14;17-15(14-7-4-10-18-14)13-9-8-12(16-13)11-5-2-1-3-6-11;1-2-5-12(6-3-1)15-9-8-13(16-15)11-14-7-4-10-17-14;2-1(3)4;;;;/h1-10H,11-12H2,(H4,19,20,21,23);3-12H,2,13H2,1H3;1-10,16H;1-10,16H,11H2;(H5,2,3,4);1H4;;;/q;;;;;;;+1;-1. The fourth-order valence-electron chi connectivity index (χ4n) is 8.89. The third kappa shape index (κ3) is 19.6. The van der Waals surface area contributed by atoms with Crippen molar-refractivity contribution in [1.29, 1.82) is 5.41 Å². The molecule has 0 saturated carbocycles. The number of hydrogen-bond donors (Lipinski definition) is 7. The molecule has 3 radical (unpaired) electrons. The van der Waals surface area contributed by atoms with Gasteiger partial charge < -0.3 is 61.1 Å². The Balaban J connectivity index is 0.000000238. The van der Waals surface area contributed by atoms with Crippen LogP contribution in [0.15, 0.2) is 266 Å². The van der Waals surface area contributed by atoms with Gasteiger partial charge in [-0.2, -0.15) is 4.99 Å². The van der Waals surface area contributed by atoms with Gasteiger partial charge in [0.2, 0.25) is 5.78 Å². The Morgan fingerprint density at radius 2 is 0.906 bits per heavy atom. The van der Waals surface area contributed by atoms with Crippen molar-refractivity contribution in [3.63, 3.8) is 0 Å². The largest absolute Gasteiger partial charge is 1.00 e. The van der Waals surface area contributed by atoms with E-state index in [-0.39, 0.29) is 71.1 Å². The van der Waals surface area contributed by atoms with Crippen LogP contribution < -0.4 is 52.5 Å². The Hall–Kier alpha value is -9.94. The van der Waals surface area contributed by atoms with Gasteiger partial charge in [-0.15, -0.1) is 0 Å². The molecule has 8 aromatic heterocycles. The van der Waals surface area contributed by atoms with E-state index in [4.69, 9.17) is 34.5 Å². The van der Waals surface area contributed by atoms with Crippen LogP contribution in [0.25, 0.3) is 45.0 Å². The van der Waals surface area contributed by atoms with Crippen LogP contribution in [0, 0.1) is 5.41 Å². The number of amides is 1. The predicted molar refractivity (Wildman–Crippen MR) is 335 cm³/mol. The summed E-state index contributed by atoms with van der Waals surface area (Å²) in [6.07, 6.45) is 8.78. The molecule has 0 aliphatic heterocycles. The summed E-state index contributed by atoms with van der Waals surface area (Å²) in [7, 11) is 0. The van der Waals surface area contributed by atoms with Gasteiger partial charge in [-0.25, -0.2) is 0 Å². The molecule has 11 N–H and O–H groups in total. The molecule has 0 aliphatic carbocycles. The van der Waals surface area contributed by atoms with E-state index >= 15 is 0 Å². The number of carbonyl (C=O) groups is 2. The number of benzene rings is 4. The molecule has 0 saturated heterocycles. The summed E-state index contributed by atoms with van der Waals surface area (Å²) in [6.45, 7) is 3.20. The van der Waals surface area contributed by atoms with E-state index in [1.165, 1.54) is 34.5 Å². The minimum Gasteiger partial charge on any atom is -1.00 e. The molecule has 8 heterocycles. The molecular weight excluding hydrogens is 1070 g/mol. The first-order valence-electron chi connectivity index (χ1n) is 26.3. The van der Waals surface area contributed by atoms with E-state index in [2.05, 4.69) is 98.6 Å². The Kier molecular flexibility index (Phi) is 26.2. The van der Waals surface area contributed by atoms with Crippen LogP contribution in [0.4, 0.5) is 0 Å². The molecule has 4 aromatic carbocycles. The molecule has 16 nitrogen and oxygen atoms in total. The zero-order valence-corrected chi connectivity index (χ0v) is 48.8. The summed E-state index contributed by atoms with van der Waals surface area (Å²) in [5, 5.41) is 6.06. The van der Waals surface area contributed by atoms with Gasteiger partial charge in [-0.1, -0.05) is 129 Å². The molecule has 427 valence electrons. The SMILES string of the molecule is C.CCn1c(Cc2ccco2)ccc1-c1ccccc1.N=C(N)N.NC(N)=NC(=O)Cn1c(Cc2ccco2)ccc1-c1ccccc1.O=C(c1ccc(-c2ccccc2)[nH]1)c1ccco1.[B].[H-].[Na+].c1ccc(-c2ccc(Cc3ccco3)[nH]2)cc1. The van der Waals surface area contributed by atoms with Crippen molar-refractivity contribution >= 4 is 32.0 Å². The maximum absolute atomic E-state index is 12.1. The van der Waals surface area contributed by atoms with E-state index in [9.17, 15) is 9.59 Å². The number of nitrogens with one attached hydrogen (secondary N) is 3. The number of carbonyl (C=O) groups excluding carboxylic acids is 2. The van der Waals surface area contributed by atoms with Crippen LogP contribution in [0.3, 0.4) is 0 Å². The number of nitrogens with two attached hydrogens (primary N) is 4. The van der Waals surface area contributed by atoms with Gasteiger partial charge in [0.1, 0.15) is 23.8 Å². The smallest absolute Gasteiger partial charge is 1.00 e. The number of H-pyrrole nitrogens is 2. The molecular formula is C67H69BN10NaO6. The molecule has 0 unspecified atom stereocenters. The maximum atomic E-state index is 12.1. The summed E-state index contributed by atoms with van der Waals surface area (Å²) in [6, 6.07) is 71.7. The Morgan fingerprint density at radius 3 is 1.34 bits per heavy atom. The van der Waals surface area contributed by atoms with Crippen LogP contribution in [0.2, 0.25) is 0 Å². The van der Waals surface area contributed by atoms with Crippen molar-refractivity contribution in [3.05, 3.63) is 289 Å². The number of aromatic nitrogens is 4. The molecule has 18 heteroatoms. The number of nitrogens with zero attached hydrogens (tertiary/aromatic N) is 3. The number of aromatic amines is 2. The van der Waals surface area contributed by atoms with Gasteiger partial charge in [-0.05, 0) is 126 Å². The van der Waals surface area contributed by atoms with Crippen molar-refractivity contribution in [1.82, 2.24) is 19.1 Å². The number of hydrogen-bond acceptors (Lipinski definition) is 7. The minimum absolute atomic E-state index is 0. The first kappa shape index (κ1) is 65.9. The van der Waals surface area contributed by atoms with E-state index < -0.39 is 5.91 Å². The molecule has 0 fully saturated rings. The second kappa shape index (κ2) is 33.9. The predicted octanol–water partition coefficient (Wildman–Crippen LogP) is 10.1. The van der Waals surface area contributed by atoms with Gasteiger partial charge in [0.15, 0.2) is 17.7 Å². The Morgan fingerprint density at radius 1 is 0.494 bits per heavy atom. The fourth-order valence-corrected chi connectivity index (χ4v) is 8.89. The zero-order valence-electron chi connectivity index (χ0n) is 47.8. The van der Waals surface area contributed by atoms with Crippen LogP contribution in [0.1, 0.15) is 66.4 Å². The first-order valence-corrected chi connectivity index (χ1v) is 26.3. The molecule has 12 aromatic rings. The Bertz CT molecular complexity index is 3830. The average molecular weight is 1140 g/mol. The zero-order chi connectivity index (χ0) is 57.5. The van der Waals surface area contributed by atoms with Gasteiger partial charge in [0, 0.05) is 74.1 Å². The number of ketones is 1. The third-order valence-electron chi connectivity index (χ3n) is 12.6. The van der Waals surface area contributed by atoms with Crippen LogP contribution in [-0.4, -0.2) is 51.1 Å². The van der Waals surface area contributed by atoms with Gasteiger partial charge >= 0.3 is 29.6 Å². The van der Waals surface area contributed by atoms with Crippen molar-refractivity contribution in [2.45, 2.75) is 46.7 Å². The minimum atomic E-state index is -0.399. The van der Waals surface area contributed by atoms with Gasteiger partial charge in [-0.3, -0.25) is 15.0 Å². The molecule has 1 amide bonds. The molecule has 0 bridgehead atoms. The van der Waals surface area contributed by atoms with Crippen molar-refractivity contribution in [2.75, 3.05) is 0 Å². The van der Waals surface area contributed by atoms with Gasteiger partial charge in [0.05, 0.1) is 30.7 Å².